The summed E-state index contributed by atoms with van der Waals surface area (Å²) in [4.78, 5) is 0. The number of hydrogen-bond acceptors (Lipinski definition) is 0. The third-order valence-electron chi connectivity index (χ3n) is 12.6. The van der Waals surface area contributed by atoms with Crippen LogP contribution in [0.4, 0.5) is 0 Å². The molecule has 0 N–H and O–H groups in total. The Hall–Kier alpha value is -1.14. The van der Waals surface area contributed by atoms with Gasteiger partial charge in [0.05, 0.1) is 0 Å². The van der Waals surface area contributed by atoms with Crippen LogP contribution in [-0.4, -0.2) is 0 Å². The number of fused-ring (bicyclic) bond motifs is 2. The fraction of sp³-hybridized carbons (Fsp3) is 0.500. The third kappa shape index (κ3) is 5.21. The van der Waals surface area contributed by atoms with E-state index in [1.165, 1.54) is 25.7 Å². The molecule has 8 atom stereocenters. The van der Waals surface area contributed by atoms with Crippen molar-refractivity contribution in [3.8, 4) is 0 Å². The van der Waals surface area contributed by atoms with Crippen LogP contribution in [0.1, 0.15) is 85.6 Å². The molecular formula is C40H50Cl2Zr. The Morgan fingerprint density at radius 3 is 1.30 bits per heavy atom. The molecule has 3 heteroatoms. The Bertz CT molecular complexity index is 1310. The van der Waals surface area contributed by atoms with Gasteiger partial charge in [-0.2, -0.15) is 0 Å². The molecule has 0 nitrogen and oxygen atoms in total. The molecule has 43 heavy (non-hydrogen) atoms. The molecular weight excluding hydrogens is 643 g/mol. The zero-order chi connectivity index (χ0) is 28.6. The van der Waals surface area contributed by atoms with Crippen molar-refractivity contribution in [2.24, 2.45) is 34.5 Å². The first kappa shape index (κ1) is 33.2. The molecule has 1 heterocycles. The SMILES string of the molecule is CC1CC2C(=CC=CCC2(C)C)[CH]1[Zr+2]1([CH]2C3=CC=CCC(C)(C)C3CC2C)[CH](c2ccccc2)[CH]1c1ccccc1.[Cl-].[Cl-]. The molecule has 0 amide bonds. The summed E-state index contributed by atoms with van der Waals surface area (Å²) in [5.41, 5.74) is 7.71. The van der Waals surface area contributed by atoms with Crippen molar-refractivity contribution >= 4 is 0 Å². The summed E-state index contributed by atoms with van der Waals surface area (Å²) in [7, 11) is 0. The standard InChI is InChI=1S/C14H12.2C13H19.2ClH.Zr/c1-3-7-13(8-4-1)11-12-14-9-5-2-6-10-14;2*1-10-8-11-6-4-5-7-13(2,3)12(11)9-10;;;/h1-12H;2*4-6,8,10,12H,7,9H2,1-3H3;2*1H;/q;;;;;+2/p-2. The van der Waals surface area contributed by atoms with Gasteiger partial charge in [0.15, 0.2) is 0 Å². The fourth-order valence-electron chi connectivity index (χ4n) is 11.0. The van der Waals surface area contributed by atoms with Crippen LogP contribution < -0.4 is 24.8 Å². The summed E-state index contributed by atoms with van der Waals surface area (Å²) >= 11 is -3.19. The van der Waals surface area contributed by atoms with Crippen LogP contribution in [0, 0.1) is 34.5 Å². The molecule has 4 aliphatic carbocycles. The van der Waals surface area contributed by atoms with E-state index < -0.39 is 20.3 Å². The fourth-order valence-corrected chi connectivity index (χ4v) is 35.2. The molecule has 5 aliphatic rings. The molecule has 1 aliphatic heterocycles. The van der Waals surface area contributed by atoms with Gasteiger partial charge in [-0.1, -0.05) is 0 Å². The summed E-state index contributed by atoms with van der Waals surface area (Å²) in [6.07, 6.45) is 20.3. The minimum Gasteiger partial charge on any atom is -1.00 e. The minimum absolute atomic E-state index is 0. The van der Waals surface area contributed by atoms with Crippen LogP contribution in [0.3, 0.4) is 0 Å². The van der Waals surface area contributed by atoms with Gasteiger partial charge in [0.25, 0.3) is 0 Å². The van der Waals surface area contributed by atoms with Crippen molar-refractivity contribution in [3.05, 3.63) is 119 Å². The van der Waals surface area contributed by atoms with Crippen molar-refractivity contribution in [1.29, 1.82) is 0 Å². The van der Waals surface area contributed by atoms with Gasteiger partial charge in [0.1, 0.15) is 0 Å². The van der Waals surface area contributed by atoms with Gasteiger partial charge in [-0.25, -0.2) is 0 Å². The van der Waals surface area contributed by atoms with Crippen LogP contribution in [0.15, 0.2) is 108 Å². The molecule has 2 aromatic carbocycles. The molecule has 8 unspecified atom stereocenters. The molecule has 0 bridgehead atoms. The van der Waals surface area contributed by atoms with E-state index in [0.717, 1.165) is 26.3 Å². The van der Waals surface area contributed by atoms with Crippen LogP contribution in [0.5, 0.6) is 0 Å². The Morgan fingerprint density at radius 2 is 0.930 bits per heavy atom. The Labute approximate surface area is 278 Å². The second kappa shape index (κ2) is 12.2. The Balaban J connectivity index is 0.00000184. The van der Waals surface area contributed by atoms with Crippen molar-refractivity contribution < 1.29 is 45.1 Å². The second-order valence-corrected chi connectivity index (χ2v) is 26.9. The first-order chi connectivity index (χ1) is 19.7. The second-order valence-electron chi connectivity index (χ2n) is 15.8. The molecule has 2 aromatic rings. The van der Waals surface area contributed by atoms with E-state index in [2.05, 4.69) is 139 Å². The number of benzene rings is 2. The predicted molar refractivity (Wildman–Crippen MR) is 172 cm³/mol. The average molecular weight is 693 g/mol. The largest absolute Gasteiger partial charge is 1.00 e. The van der Waals surface area contributed by atoms with E-state index in [9.17, 15) is 0 Å². The van der Waals surface area contributed by atoms with E-state index in [4.69, 9.17) is 0 Å². The van der Waals surface area contributed by atoms with Gasteiger partial charge >= 0.3 is 256 Å². The Morgan fingerprint density at radius 1 is 0.558 bits per heavy atom. The van der Waals surface area contributed by atoms with Crippen molar-refractivity contribution in [2.45, 2.75) is 81.7 Å². The molecule has 2 saturated carbocycles. The summed E-state index contributed by atoms with van der Waals surface area (Å²) in [6, 6.07) is 23.8. The van der Waals surface area contributed by atoms with Gasteiger partial charge < -0.3 is 24.8 Å². The van der Waals surface area contributed by atoms with Crippen LogP contribution in [-0.2, 0) is 20.3 Å². The summed E-state index contributed by atoms with van der Waals surface area (Å²) in [5, 5.41) is 0. The Kier molecular flexibility index (Phi) is 9.45. The van der Waals surface area contributed by atoms with Crippen LogP contribution in [0.25, 0.3) is 0 Å². The van der Waals surface area contributed by atoms with Gasteiger partial charge in [-0.15, -0.1) is 0 Å². The quantitative estimate of drug-likeness (QED) is 0.405. The number of halogens is 2. The first-order valence-electron chi connectivity index (χ1n) is 16.5. The van der Waals surface area contributed by atoms with Crippen molar-refractivity contribution in [2.75, 3.05) is 0 Å². The monoisotopic (exact) mass is 690 g/mol. The smallest absolute Gasteiger partial charge is 1.00 e. The topological polar surface area (TPSA) is 0 Å². The van der Waals surface area contributed by atoms with Crippen LogP contribution >= 0.6 is 0 Å². The average Bonchev–Trinajstić information content (AvgIpc) is 3.43. The van der Waals surface area contributed by atoms with Gasteiger partial charge in [0, 0.05) is 0 Å². The van der Waals surface area contributed by atoms with Crippen LogP contribution in [0.2, 0.25) is 7.25 Å². The van der Waals surface area contributed by atoms with E-state index in [1.54, 1.807) is 11.1 Å². The summed E-state index contributed by atoms with van der Waals surface area (Å²) in [6.45, 7) is 15.6. The zero-order valence-corrected chi connectivity index (χ0v) is 30.9. The maximum Gasteiger partial charge on any atom is -1.00 e. The summed E-state index contributed by atoms with van der Waals surface area (Å²) in [5.74, 6) is 2.97. The zero-order valence-electron chi connectivity index (χ0n) is 26.9. The molecule has 1 saturated heterocycles. The summed E-state index contributed by atoms with van der Waals surface area (Å²) < 4.78 is 3.10. The first-order valence-corrected chi connectivity index (χ1v) is 22.2. The van der Waals surface area contributed by atoms with Crippen molar-refractivity contribution in [1.82, 2.24) is 0 Å². The molecule has 0 aromatic heterocycles. The van der Waals surface area contributed by atoms with E-state index in [-0.39, 0.29) is 24.8 Å². The molecule has 7 rings (SSSR count). The predicted octanol–water partition coefficient (Wildman–Crippen LogP) is 5.36. The maximum absolute atomic E-state index is 3.19. The van der Waals surface area contributed by atoms with Gasteiger partial charge in [-0.05, 0) is 0 Å². The number of allylic oxidation sites excluding steroid dienone is 8. The molecule has 0 radical (unpaired) electrons. The maximum atomic E-state index is 2.67. The molecule has 3 fully saturated rings. The minimum atomic E-state index is -3.19. The van der Waals surface area contributed by atoms with E-state index >= 15 is 0 Å². The van der Waals surface area contributed by atoms with Gasteiger partial charge in [0.2, 0.25) is 0 Å². The third-order valence-corrected chi connectivity index (χ3v) is 30.0. The van der Waals surface area contributed by atoms with E-state index in [1.807, 2.05) is 11.1 Å². The normalized spacial score (nSPS) is 36.8. The number of hydrogen-bond donors (Lipinski definition) is 0. The van der Waals surface area contributed by atoms with Crippen molar-refractivity contribution in [3.63, 3.8) is 0 Å². The van der Waals surface area contributed by atoms with Gasteiger partial charge in [-0.3, -0.25) is 0 Å². The molecule has 0 spiro atoms. The molecule has 228 valence electrons. The number of rotatable bonds is 4. The van der Waals surface area contributed by atoms with E-state index in [0.29, 0.717) is 22.7 Å².